The molecule has 0 aromatic rings. The fraction of sp³-hybridized carbons (Fsp3) is 1.00. The van der Waals surface area contributed by atoms with Gasteiger partial charge in [0.25, 0.3) is 0 Å². The van der Waals surface area contributed by atoms with E-state index >= 15 is 0 Å². The Kier molecular flexibility index (Phi) is 11.0. The smallest absolute Gasteiger partial charge is 0.0697 e. The molecule has 0 fully saturated rings. The van der Waals surface area contributed by atoms with Gasteiger partial charge in [-0.1, -0.05) is 53.9 Å². The van der Waals surface area contributed by atoms with Crippen LogP contribution in [0, 0.1) is 5.92 Å². The average Bonchev–Trinajstić information content (AvgIpc) is 2.32. The SMILES string of the molecule is CCCCC(CC)COC(CC)CNC(C)C. The molecule has 2 nitrogen and oxygen atoms in total. The molecule has 104 valence electrons. The van der Waals surface area contributed by atoms with Crippen LogP contribution in [0.4, 0.5) is 0 Å². The number of rotatable bonds is 11. The molecule has 1 N–H and O–H groups in total. The Hall–Kier alpha value is -0.0800. The molecule has 2 atom stereocenters. The zero-order valence-corrected chi connectivity index (χ0v) is 12.6. The average molecular weight is 243 g/mol. The van der Waals surface area contributed by atoms with Gasteiger partial charge in [0.05, 0.1) is 6.10 Å². The highest BCUT2D eigenvalue weighted by Crippen LogP contribution is 2.14. The van der Waals surface area contributed by atoms with Crippen molar-refractivity contribution in [2.75, 3.05) is 13.2 Å². The van der Waals surface area contributed by atoms with Crippen molar-refractivity contribution < 1.29 is 4.74 Å². The summed E-state index contributed by atoms with van der Waals surface area (Å²) in [5.41, 5.74) is 0. The van der Waals surface area contributed by atoms with Gasteiger partial charge in [-0.3, -0.25) is 0 Å². The summed E-state index contributed by atoms with van der Waals surface area (Å²) in [7, 11) is 0. The van der Waals surface area contributed by atoms with Crippen molar-refractivity contribution in [2.45, 2.75) is 78.9 Å². The van der Waals surface area contributed by atoms with E-state index < -0.39 is 0 Å². The second kappa shape index (κ2) is 11.0. The molecule has 0 saturated heterocycles. The molecule has 0 aliphatic heterocycles. The van der Waals surface area contributed by atoms with Gasteiger partial charge >= 0.3 is 0 Å². The quantitative estimate of drug-likeness (QED) is 0.592. The second-order valence-electron chi connectivity index (χ2n) is 5.34. The molecule has 2 unspecified atom stereocenters. The van der Waals surface area contributed by atoms with Gasteiger partial charge in [0, 0.05) is 19.2 Å². The van der Waals surface area contributed by atoms with Crippen molar-refractivity contribution in [1.29, 1.82) is 0 Å². The normalized spacial score (nSPS) is 15.2. The van der Waals surface area contributed by atoms with E-state index in [4.69, 9.17) is 4.74 Å². The monoisotopic (exact) mass is 243 g/mol. The Bertz CT molecular complexity index is 159. The van der Waals surface area contributed by atoms with Crippen LogP contribution in [-0.2, 0) is 4.74 Å². The Balaban J connectivity index is 3.77. The molecule has 0 rings (SSSR count). The largest absolute Gasteiger partial charge is 0.377 e. The maximum absolute atomic E-state index is 6.03. The van der Waals surface area contributed by atoms with Gasteiger partial charge in [0.15, 0.2) is 0 Å². The van der Waals surface area contributed by atoms with Crippen LogP contribution in [0.2, 0.25) is 0 Å². The van der Waals surface area contributed by atoms with E-state index in [1.807, 2.05) is 0 Å². The first-order chi connectivity index (χ1) is 8.13. The number of unbranched alkanes of at least 4 members (excludes halogenated alkanes) is 1. The summed E-state index contributed by atoms with van der Waals surface area (Å²) in [5.74, 6) is 0.753. The molecule has 0 heterocycles. The van der Waals surface area contributed by atoms with Crippen LogP contribution in [-0.4, -0.2) is 25.3 Å². The van der Waals surface area contributed by atoms with Gasteiger partial charge < -0.3 is 10.1 Å². The third-order valence-corrected chi connectivity index (χ3v) is 3.32. The molecule has 0 amide bonds. The maximum atomic E-state index is 6.03. The van der Waals surface area contributed by atoms with Crippen LogP contribution in [0.15, 0.2) is 0 Å². The van der Waals surface area contributed by atoms with Crippen LogP contribution in [0.25, 0.3) is 0 Å². The van der Waals surface area contributed by atoms with E-state index in [9.17, 15) is 0 Å². The fourth-order valence-corrected chi connectivity index (χ4v) is 1.86. The molecular weight excluding hydrogens is 210 g/mol. The highest BCUT2D eigenvalue weighted by molar-refractivity contribution is 4.64. The molecule has 0 spiro atoms. The van der Waals surface area contributed by atoms with Crippen LogP contribution < -0.4 is 5.32 Å². The molecule has 0 bridgehead atoms. The number of hydrogen-bond donors (Lipinski definition) is 1. The van der Waals surface area contributed by atoms with E-state index in [0.717, 1.165) is 25.5 Å². The molecular formula is C15H33NO. The molecule has 17 heavy (non-hydrogen) atoms. The first-order valence-electron chi connectivity index (χ1n) is 7.48. The van der Waals surface area contributed by atoms with E-state index in [1.165, 1.54) is 25.7 Å². The summed E-state index contributed by atoms with van der Waals surface area (Å²) in [5, 5.41) is 3.46. The van der Waals surface area contributed by atoms with Crippen LogP contribution in [0.5, 0.6) is 0 Å². The first kappa shape index (κ1) is 16.9. The maximum Gasteiger partial charge on any atom is 0.0697 e. The van der Waals surface area contributed by atoms with E-state index in [0.29, 0.717) is 12.1 Å². The lowest BCUT2D eigenvalue weighted by Crippen LogP contribution is -2.34. The van der Waals surface area contributed by atoms with E-state index in [1.54, 1.807) is 0 Å². The third-order valence-electron chi connectivity index (χ3n) is 3.32. The molecule has 0 aliphatic carbocycles. The highest BCUT2D eigenvalue weighted by atomic mass is 16.5. The Morgan fingerprint density at radius 3 is 2.24 bits per heavy atom. The summed E-state index contributed by atoms with van der Waals surface area (Å²) in [6, 6.07) is 0.551. The number of ether oxygens (including phenoxy) is 1. The summed E-state index contributed by atoms with van der Waals surface area (Å²) >= 11 is 0. The lowest BCUT2D eigenvalue weighted by Gasteiger charge is -2.22. The third kappa shape index (κ3) is 9.61. The molecule has 0 aromatic heterocycles. The van der Waals surface area contributed by atoms with Crippen molar-refractivity contribution in [2.24, 2.45) is 5.92 Å². The van der Waals surface area contributed by atoms with Gasteiger partial charge in [-0.05, 0) is 18.8 Å². The molecule has 2 heteroatoms. The predicted octanol–water partition coefficient (Wildman–Crippen LogP) is 4.00. The Labute approximate surface area is 109 Å². The summed E-state index contributed by atoms with van der Waals surface area (Å²) in [6.45, 7) is 13.0. The van der Waals surface area contributed by atoms with Crippen LogP contribution in [0.3, 0.4) is 0 Å². The fourth-order valence-electron chi connectivity index (χ4n) is 1.86. The van der Waals surface area contributed by atoms with E-state index in [2.05, 4.69) is 39.9 Å². The molecule has 0 aromatic carbocycles. The highest BCUT2D eigenvalue weighted by Gasteiger charge is 2.11. The lowest BCUT2D eigenvalue weighted by molar-refractivity contribution is 0.0231. The topological polar surface area (TPSA) is 21.3 Å². The van der Waals surface area contributed by atoms with Gasteiger partial charge in [0.2, 0.25) is 0 Å². The minimum Gasteiger partial charge on any atom is -0.377 e. The number of nitrogens with one attached hydrogen (secondary N) is 1. The minimum atomic E-state index is 0.382. The van der Waals surface area contributed by atoms with Gasteiger partial charge in [-0.25, -0.2) is 0 Å². The van der Waals surface area contributed by atoms with Crippen molar-refractivity contribution in [1.82, 2.24) is 5.32 Å². The molecule has 0 aliphatic rings. The Morgan fingerprint density at radius 1 is 1.06 bits per heavy atom. The lowest BCUT2D eigenvalue weighted by atomic mass is 10.0. The second-order valence-corrected chi connectivity index (χ2v) is 5.34. The van der Waals surface area contributed by atoms with E-state index in [-0.39, 0.29) is 0 Å². The predicted molar refractivity (Wildman–Crippen MR) is 76.5 cm³/mol. The molecule has 0 saturated carbocycles. The zero-order chi connectivity index (χ0) is 13.1. The van der Waals surface area contributed by atoms with Crippen molar-refractivity contribution >= 4 is 0 Å². The summed E-state index contributed by atoms with van der Waals surface area (Å²) < 4.78 is 6.03. The number of hydrogen-bond acceptors (Lipinski definition) is 2. The standard InChI is InChI=1S/C15H33NO/c1-6-9-10-14(7-2)12-17-15(8-3)11-16-13(4)5/h13-16H,6-12H2,1-5H3. The zero-order valence-electron chi connectivity index (χ0n) is 12.6. The van der Waals surface area contributed by atoms with Crippen LogP contribution >= 0.6 is 0 Å². The summed E-state index contributed by atoms with van der Waals surface area (Å²) in [6.07, 6.45) is 6.68. The van der Waals surface area contributed by atoms with Crippen molar-refractivity contribution in [3.63, 3.8) is 0 Å². The Morgan fingerprint density at radius 2 is 1.76 bits per heavy atom. The first-order valence-corrected chi connectivity index (χ1v) is 7.48. The van der Waals surface area contributed by atoms with Crippen molar-refractivity contribution in [3.05, 3.63) is 0 Å². The molecule has 0 radical (unpaired) electrons. The van der Waals surface area contributed by atoms with Crippen molar-refractivity contribution in [3.8, 4) is 0 Å². The van der Waals surface area contributed by atoms with Gasteiger partial charge in [-0.2, -0.15) is 0 Å². The minimum absolute atomic E-state index is 0.382. The summed E-state index contributed by atoms with van der Waals surface area (Å²) in [4.78, 5) is 0. The van der Waals surface area contributed by atoms with Gasteiger partial charge in [0.1, 0.15) is 0 Å². The van der Waals surface area contributed by atoms with Crippen LogP contribution in [0.1, 0.15) is 66.7 Å². The van der Waals surface area contributed by atoms with Gasteiger partial charge in [-0.15, -0.1) is 0 Å².